The van der Waals surface area contributed by atoms with Gasteiger partial charge in [0.2, 0.25) is 0 Å². The zero-order chi connectivity index (χ0) is 50.9. The monoisotopic (exact) mass is 939 g/mol. The minimum absolute atomic E-state index is 0.000732. The largest absolute Gasteiger partial charge is 0.508 e. The number of nitrogens with zero attached hydrogens (tertiary/aromatic N) is 2. The third-order valence-corrected chi connectivity index (χ3v) is 15.6. The van der Waals surface area contributed by atoms with E-state index in [-0.39, 0.29) is 27.6 Å². The molecule has 71 heavy (non-hydrogen) atoms. The molecule has 0 saturated carbocycles. The summed E-state index contributed by atoms with van der Waals surface area (Å²) in [6, 6.07) is 60.9. The quantitative estimate of drug-likeness (QED) is 0.0869. The van der Waals surface area contributed by atoms with Crippen LogP contribution in [0.25, 0.3) is 33.4 Å². The lowest BCUT2D eigenvalue weighted by molar-refractivity contribution is 0.332. The zero-order valence-corrected chi connectivity index (χ0v) is 45.0. The second-order valence-corrected chi connectivity index (χ2v) is 23.4. The van der Waals surface area contributed by atoms with Crippen LogP contribution in [0.1, 0.15) is 125 Å². The van der Waals surface area contributed by atoms with E-state index in [2.05, 4.69) is 264 Å². The first kappa shape index (κ1) is 50.8. The Hall–Kier alpha value is -6.58. The third kappa shape index (κ3) is 11.2. The molecular formula is C68H78N2O. The second kappa shape index (κ2) is 20.3. The van der Waals surface area contributed by atoms with E-state index >= 15 is 0 Å². The van der Waals surface area contributed by atoms with Crippen LogP contribution in [0.2, 0.25) is 0 Å². The molecular weight excluding hydrogens is 861 g/mol. The van der Waals surface area contributed by atoms with Crippen LogP contribution in [0, 0.1) is 18.3 Å². The van der Waals surface area contributed by atoms with Crippen molar-refractivity contribution in [3.8, 4) is 33.4 Å². The third-order valence-electron chi connectivity index (χ3n) is 15.6. The molecule has 0 saturated heterocycles. The number of aliphatic hydroxyl groups excluding tert-OH is 1. The van der Waals surface area contributed by atoms with Crippen LogP contribution in [0.5, 0.6) is 0 Å². The van der Waals surface area contributed by atoms with E-state index in [0.29, 0.717) is 12.3 Å². The molecule has 0 aromatic heterocycles. The van der Waals surface area contributed by atoms with Gasteiger partial charge in [-0.1, -0.05) is 191 Å². The van der Waals surface area contributed by atoms with Gasteiger partial charge in [-0.2, -0.15) is 0 Å². The van der Waals surface area contributed by atoms with Crippen LogP contribution in [0.3, 0.4) is 0 Å². The van der Waals surface area contributed by atoms with Crippen molar-refractivity contribution in [3.05, 3.63) is 210 Å². The number of allylic oxidation sites excluding steroid dienone is 2. The summed E-state index contributed by atoms with van der Waals surface area (Å²) >= 11 is 0. The Balaban J connectivity index is 1.40. The van der Waals surface area contributed by atoms with Gasteiger partial charge in [-0.05, 0) is 172 Å². The van der Waals surface area contributed by atoms with Crippen molar-refractivity contribution in [2.45, 2.75) is 126 Å². The van der Waals surface area contributed by atoms with E-state index in [0.717, 1.165) is 53.3 Å². The number of anilines is 5. The summed E-state index contributed by atoms with van der Waals surface area (Å²) in [5.74, 6) is 0.314. The topological polar surface area (TPSA) is 26.7 Å². The first-order chi connectivity index (χ1) is 33.6. The van der Waals surface area contributed by atoms with Crippen molar-refractivity contribution in [1.82, 2.24) is 0 Å². The highest BCUT2D eigenvalue weighted by Gasteiger charge is 2.38. The Morgan fingerprint density at radius 2 is 1.08 bits per heavy atom. The van der Waals surface area contributed by atoms with E-state index in [4.69, 9.17) is 0 Å². The average molecular weight is 939 g/mol. The molecule has 1 aliphatic rings. The maximum Gasteiger partial charge on any atom is 0.111 e. The molecule has 7 aromatic rings. The molecule has 3 nitrogen and oxygen atoms in total. The molecule has 0 amide bonds. The van der Waals surface area contributed by atoms with Gasteiger partial charge >= 0.3 is 0 Å². The maximum absolute atomic E-state index is 11.5. The SMILES string of the molecule is CCC(C)(C)/C(C)=C/C(O)=C/[C@@H](C)CN(c1ccc(-c2ccccc2)cc1)c1cc(C)cc(N(c2ccc3c(c2)C(C)(C)CCC3(C)C)c2c(-c3ccccc3)cc(C(C)(C)C)cc2-c2ccccc2)c1. The normalized spacial score (nSPS) is 15.2. The molecule has 0 unspecified atom stereocenters. The highest BCUT2D eigenvalue weighted by molar-refractivity contribution is 5.99. The highest BCUT2D eigenvalue weighted by atomic mass is 16.3. The number of hydrogen-bond donors (Lipinski definition) is 1. The van der Waals surface area contributed by atoms with Crippen molar-refractivity contribution in [1.29, 1.82) is 0 Å². The summed E-state index contributed by atoms with van der Waals surface area (Å²) < 4.78 is 0. The lowest BCUT2D eigenvalue weighted by atomic mass is 9.63. The van der Waals surface area contributed by atoms with Crippen molar-refractivity contribution in [2.75, 3.05) is 16.3 Å². The Morgan fingerprint density at radius 3 is 1.62 bits per heavy atom. The van der Waals surface area contributed by atoms with Gasteiger partial charge in [0.15, 0.2) is 0 Å². The first-order valence-electron chi connectivity index (χ1n) is 26.0. The molecule has 1 aliphatic carbocycles. The first-order valence-corrected chi connectivity index (χ1v) is 26.0. The van der Waals surface area contributed by atoms with Crippen molar-refractivity contribution >= 4 is 28.4 Å². The van der Waals surface area contributed by atoms with Gasteiger partial charge in [0.25, 0.3) is 0 Å². The highest BCUT2D eigenvalue weighted by Crippen LogP contribution is 2.52. The Bertz CT molecular complexity index is 2960. The van der Waals surface area contributed by atoms with Gasteiger partial charge in [0.1, 0.15) is 5.76 Å². The summed E-state index contributed by atoms with van der Waals surface area (Å²) in [5, 5.41) is 11.5. The lowest BCUT2D eigenvalue weighted by Crippen LogP contribution is -2.34. The fourth-order valence-electron chi connectivity index (χ4n) is 10.3. The number of aryl methyl sites for hydroxylation is 1. The van der Waals surface area contributed by atoms with Crippen LogP contribution >= 0.6 is 0 Å². The number of rotatable bonds is 14. The van der Waals surface area contributed by atoms with Crippen LogP contribution in [-0.2, 0) is 16.2 Å². The van der Waals surface area contributed by atoms with E-state index in [1.54, 1.807) is 0 Å². The van der Waals surface area contributed by atoms with Crippen LogP contribution in [0.15, 0.2) is 187 Å². The smallest absolute Gasteiger partial charge is 0.111 e. The van der Waals surface area contributed by atoms with E-state index in [1.165, 1.54) is 55.6 Å². The summed E-state index contributed by atoms with van der Waals surface area (Å²) in [6.07, 6.45) is 7.26. The number of fused-ring (bicyclic) bond motifs is 1. The number of aliphatic hydroxyl groups is 1. The Labute approximate surface area is 427 Å². The Morgan fingerprint density at radius 1 is 0.592 bits per heavy atom. The Kier molecular flexibility index (Phi) is 14.5. The molecule has 0 spiro atoms. The van der Waals surface area contributed by atoms with E-state index < -0.39 is 0 Å². The lowest BCUT2D eigenvalue weighted by Gasteiger charge is -2.43. The molecule has 366 valence electrons. The molecule has 1 atom stereocenters. The van der Waals surface area contributed by atoms with Gasteiger partial charge in [-0.15, -0.1) is 0 Å². The van der Waals surface area contributed by atoms with Crippen molar-refractivity contribution in [3.63, 3.8) is 0 Å². The van der Waals surface area contributed by atoms with E-state index in [1.807, 2.05) is 12.2 Å². The molecule has 0 radical (unpaired) electrons. The maximum atomic E-state index is 11.5. The number of benzene rings is 7. The fourth-order valence-corrected chi connectivity index (χ4v) is 10.3. The summed E-state index contributed by atoms with van der Waals surface area (Å²) in [7, 11) is 0. The predicted molar refractivity (Wildman–Crippen MR) is 307 cm³/mol. The van der Waals surface area contributed by atoms with Crippen LogP contribution in [-0.4, -0.2) is 11.7 Å². The van der Waals surface area contributed by atoms with Crippen LogP contribution in [0.4, 0.5) is 28.4 Å². The van der Waals surface area contributed by atoms with Crippen molar-refractivity contribution < 1.29 is 5.11 Å². The minimum Gasteiger partial charge on any atom is -0.508 e. The van der Waals surface area contributed by atoms with E-state index in [9.17, 15) is 5.11 Å². The summed E-state index contributed by atoms with van der Waals surface area (Å²) in [4.78, 5) is 5.02. The summed E-state index contributed by atoms with van der Waals surface area (Å²) in [6.45, 7) is 30.6. The minimum atomic E-state index is -0.106. The average Bonchev–Trinajstić information content (AvgIpc) is 3.35. The predicted octanol–water partition coefficient (Wildman–Crippen LogP) is 19.7. The molecule has 0 aliphatic heterocycles. The molecule has 1 N–H and O–H groups in total. The van der Waals surface area contributed by atoms with Gasteiger partial charge in [0, 0.05) is 40.4 Å². The molecule has 8 rings (SSSR count). The van der Waals surface area contributed by atoms with Crippen molar-refractivity contribution in [2.24, 2.45) is 11.3 Å². The molecule has 0 fully saturated rings. The molecule has 7 aromatic carbocycles. The van der Waals surface area contributed by atoms with Gasteiger partial charge in [-0.25, -0.2) is 0 Å². The summed E-state index contributed by atoms with van der Waals surface area (Å²) in [5.41, 5.74) is 19.1. The molecule has 0 bridgehead atoms. The zero-order valence-electron chi connectivity index (χ0n) is 45.0. The molecule has 3 heteroatoms. The van der Waals surface area contributed by atoms with Gasteiger partial charge in [0.05, 0.1) is 5.69 Å². The fraction of sp³-hybridized carbons (Fsp3) is 0.324. The number of hydrogen-bond acceptors (Lipinski definition) is 3. The van der Waals surface area contributed by atoms with Gasteiger partial charge < -0.3 is 14.9 Å². The second-order valence-electron chi connectivity index (χ2n) is 23.4. The van der Waals surface area contributed by atoms with Crippen LogP contribution < -0.4 is 9.80 Å². The molecule has 0 heterocycles. The standard InChI is InChI=1S/C68H78N2O/c1-14-66(8,9)49(4)41-59(71)40-48(3)46-69(55-32-30-51(31-33-55)50-24-18-15-19-25-50)57-38-47(2)39-58(44-57)70(56-34-35-62-63(45-56)68(12,13)37-36-67(62,10)11)64-60(52-26-20-16-21-27-52)42-54(65(5,6)7)43-61(64)53-28-22-17-23-29-53/h15-35,38-45,48,71H,14,36-37,46H2,1-13H3/b49-41+,59-40-/t48-/m1/s1. The van der Waals surface area contributed by atoms with Gasteiger partial charge in [-0.3, -0.25) is 0 Å².